The molecule has 4 nitrogen and oxygen atoms in total. The number of methoxy groups -OCH3 is 1. The number of carbonyl (C=O) groups excluding carboxylic acids is 1. The van der Waals surface area contributed by atoms with Crippen LogP contribution in [-0.2, 0) is 9.53 Å². The average Bonchev–Trinajstić information content (AvgIpc) is 2.31. The number of hydrogen-bond acceptors (Lipinski definition) is 4. The third-order valence-electron chi connectivity index (χ3n) is 2.47. The molecule has 1 aromatic carbocycles. The van der Waals surface area contributed by atoms with Crippen LogP contribution in [0.25, 0.3) is 0 Å². The maximum absolute atomic E-state index is 11.1. The highest BCUT2D eigenvalue weighted by Crippen LogP contribution is 2.18. The molecule has 0 aliphatic carbocycles. The Hall–Kier alpha value is -2.02. The van der Waals surface area contributed by atoms with Crippen molar-refractivity contribution in [1.82, 2.24) is 0 Å². The number of aryl methyl sites for hydroxylation is 1. The van der Waals surface area contributed by atoms with Gasteiger partial charge in [-0.25, -0.2) is 0 Å². The van der Waals surface area contributed by atoms with E-state index in [1.807, 2.05) is 19.9 Å². The molecular weight excluding hydrogens is 216 g/mol. The smallest absolute Gasteiger partial charge is 0.307 e. The van der Waals surface area contributed by atoms with E-state index in [1.54, 1.807) is 12.1 Å². The van der Waals surface area contributed by atoms with Crippen LogP contribution in [0.15, 0.2) is 18.2 Å². The van der Waals surface area contributed by atoms with Gasteiger partial charge in [-0.1, -0.05) is 6.07 Å². The van der Waals surface area contributed by atoms with Gasteiger partial charge in [0.1, 0.15) is 0 Å². The molecule has 0 aromatic heterocycles. The SMILES string of the molecule is COC(=O)CC(C)Nc1cc(C#N)ccc1C. The molecule has 0 saturated heterocycles. The van der Waals surface area contributed by atoms with Gasteiger partial charge in [-0.05, 0) is 31.5 Å². The first kappa shape index (κ1) is 13.0. The molecule has 1 atom stereocenters. The average molecular weight is 232 g/mol. The van der Waals surface area contributed by atoms with Gasteiger partial charge < -0.3 is 10.1 Å². The molecule has 0 fully saturated rings. The number of hydrogen-bond donors (Lipinski definition) is 1. The van der Waals surface area contributed by atoms with E-state index in [9.17, 15) is 4.79 Å². The lowest BCUT2D eigenvalue weighted by atomic mass is 10.1. The lowest BCUT2D eigenvalue weighted by Gasteiger charge is -2.16. The molecule has 1 aromatic rings. The third kappa shape index (κ3) is 3.80. The van der Waals surface area contributed by atoms with E-state index < -0.39 is 0 Å². The van der Waals surface area contributed by atoms with Crippen molar-refractivity contribution in [3.8, 4) is 6.07 Å². The molecule has 1 rings (SSSR count). The van der Waals surface area contributed by atoms with E-state index in [4.69, 9.17) is 5.26 Å². The summed E-state index contributed by atoms with van der Waals surface area (Å²) in [6.45, 7) is 3.85. The highest BCUT2D eigenvalue weighted by molar-refractivity contribution is 5.70. The number of esters is 1. The second kappa shape index (κ2) is 5.90. The molecule has 1 unspecified atom stereocenters. The van der Waals surface area contributed by atoms with E-state index in [0.717, 1.165) is 11.3 Å². The van der Waals surface area contributed by atoms with Crippen molar-refractivity contribution >= 4 is 11.7 Å². The number of anilines is 1. The third-order valence-corrected chi connectivity index (χ3v) is 2.47. The fourth-order valence-corrected chi connectivity index (χ4v) is 1.50. The summed E-state index contributed by atoms with van der Waals surface area (Å²) < 4.78 is 4.60. The molecule has 90 valence electrons. The monoisotopic (exact) mass is 232 g/mol. The molecule has 0 radical (unpaired) electrons. The Morgan fingerprint density at radius 3 is 2.88 bits per heavy atom. The second-order valence-electron chi connectivity index (χ2n) is 3.97. The molecule has 0 amide bonds. The summed E-state index contributed by atoms with van der Waals surface area (Å²) in [6.07, 6.45) is 0.298. The van der Waals surface area contributed by atoms with Gasteiger partial charge in [0, 0.05) is 11.7 Å². The normalized spacial score (nSPS) is 11.4. The molecule has 0 aliphatic rings. The highest BCUT2D eigenvalue weighted by atomic mass is 16.5. The van der Waals surface area contributed by atoms with Gasteiger partial charge in [0.2, 0.25) is 0 Å². The summed E-state index contributed by atoms with van der Waals surface area (Å²) in [6, 6.07) is 7.49. The van der Waals surface area contributed by atoms with E-state index in [0.29, 0.717) is 12.0 Å². The van der Waals surface area contributed by atoms with Crippen LogP contribution in [0.3, 0.4) is 0 Å². The first-order chi connectivity index (χ1) is 8.06. The first-order valence-corrected chi connectivity index (χ1v) is 5.41. The van der Waals surface area contributed by atoms with E-state index in [-0.39, 0.29) is 12.0 Å². The van der Waals surface area contributed by atoms with Crippen molar-refractivity contribution in [2.24, 2.45) is 0 Å². The van der Waals surface area contributed by atoms with Crippen molar-refractivity contribution in [2.45, 2.75) is 26.3 Å². The van der Waals surface area contributed by atoms with Gasteiger partial charge in [0.05, 0.1) is 25.2 Å². The van der Waals surface area contributed by atoms with Crippen LogP contribution in [0.5, 0.6) is 0 Å². The Morgan fingerprint density at radius 2 is 2.29 bits per heavy atom. The molecule has 17 heavy (non-hydrogen) atoms. The molecule has 4 heteroatoms. The number of ether oxygens (including phenoxy) is 1. The van der Waals surface area contributed by atoms with Gasteiger partial charge in [-0.15, -0.1) is 0 Å². The summed E-state index contributed by atoms with van der Waals surface area (Å²) in [5.74, 6) is -0.251. The Kier molecular flexibility index (Phi) is 4.53. The highest BCUT2D eigenvalue weighted by Gasteiger charge is 2.10. The van der Waals surface area contributed by atoms with Crippen LogP contribution < -0.4 is 5.32 Å². The largest absolute Gasteiger partial charge is 0.469 e. The predicted molar refractivity (Wildman–Crippen MR) is 65.6 cm³/mol. The number of nitriles is 1. The second-order valence-corrected chi connectivity index (χ2v) is 3.97. The Balaban J connectivity index is 2.74. The van der Waals surface area contributed by atoms with Crippen LogP contribution in [0.2, 0.25) is 0 Å². The fraction of sp³-hybridized carbons (Fsp3) is 0.385. The minimum Gasteiger partial charge on any atom is -0.469 e. The van der Waals surface area contributed by atoms with E-state index >= 15 is 0 Å². The summed E-state index contributed by atoms with van der Waals surface area (Å²) in [7, 11) is 1.37. The Bertz CT molecular complexity index is 449. The minimum absolute atomic E-state index is 0.0323. The zero-order valence-corrected chi connectivity index (χ0v) is 10.3. The number of carbonyl (C=O) groups is 1. The van der Waals surface area contributed by atoms with Crippen LogP contribution in [0.1, 0.15) is 24.5 Å². The number of nitrogens with one attached hydrogen (secondary N) is 1. The van der Waals surface area contributed by atoms with E-state index in [2.05, 4.69) is 16.1 Å². The van der Waals surface area contributed by atoms with Crippen molar-refractivity contribution in [2.75, 3.05) is 12.4 Å². The molecule has 0 bridgehead atoms. The van der Waals surface area contributed by atoms with Crippen LogP contribution in [0.4, 0.5) is 5.69 Å². The lowest BCUT2D eigenvalue weighted by Crippen LogP contribution is -2.20. The molecule has 0 spiro atoms. The number of rotatable bonds is 4. The zero-order valence-electron chi connectivity index (χ0n) is 10.3. The number of benzene rings is 1. The zero-order chi connectivity index (χ0) is 12.8. The summed E-state index contributed by atoms with van der Waals surface area (Å²) >= 11 is 0. The Morgan fingerprint density at radius 1 is 1.59 bits per heavy atom. The van der Waals surface area contributed by atoms with Gasteiger partial charge >= 0.3 is 5.97 Å². The van der Waals surface area contributed by atoms with Gasteiger partial charge in [0.25, 0.3) is 0 Å². The van der Waals surface area contributed by atoms with Gasteiger partial charge in [-0.2, -0.15) is 5.26 Å². The van der Waals surface area contributed by atoms with Gasteiger partial charge in [-0.3, -0.25) is 4.79 Å². The van der Waals surface area contributed by atoms with Gasteiger partial charge in [0.15, 0.2) is 0 Å². The van der Waals surface area contributed by atoms with Crippen molar-refractivity contribution in [3.63, 3.8) is 0 Å². The summed E-state index contributed by atoms with van der Waals surface area (Å²) in [4.78, 5) is 11.1. The summed E-state index contributed by atoms with van der Waals surface area (Å²) in [5, 5.41) is 12.0. The molecule has 1 N–H and O–H groups in total. The maximum Gasteiger partial charge on any atom is 0.307 e. The molecule has 0 aliphatic heterocycles. The Labute approximate surface area is 101 Å². The van der Waals surface area contributed by atoms with Crippen LogP contribution >= 0.6 is 0 Å². The maximum atomic E-state index is 11.1. The fourth-order valence-electron chi connectivity index (χ4n) is 1.50. The quantitative estimate of drug-likeness (QED) is 0.808. The first-order valence-electron chi connectivity index (χ1n) is 5.41. The van der Waals surface area contributed by atoms with Crippen LogP contribution in [0, 0.1) is 18.3 Å². The number of nitrogens with zero attached hydrogens (tertiary/aromatic N) is 1. The topological polar surface area (TPSA) is 62.1 Å². The predicted octanol–water partition coefficient (Wildman–Crippen LogP) is 2.23. The molecule has 0 saturated carbocycles. The van der Waals surface area contributed by atoms with Crippen molar-refractivity contribution in [3.05, 3.63) is 29.3 Å². The standard InChI is InChI=1S/C13H16N2O2/c1-9-4-5-11(8-14)7-12(9)15-10(2)6-13(16)17-3/h4-5,7,10,15H,6H2,1-3H3. The van der Waals surface area contributed by atoms with Crippen molar-refractivity contribution < 1.29 is 9.53 Å². The van der Waals surface area contributed by atoms with E-state index in [1.165, 1.54) is 7.11 Å². The molecular formula is C13H16N2O2. The minimum atomic E-state index is -0.251. The molecule has 0 heterocycles. The summed E-state index contributed by atoms with van der Waals surface area (Å²) in [5.41, 5.74) is 2.52. The lowest BCUT2D eigenvalue weighted by molar-refractivity contribution is -0.140. The van der Waals surface area contributed by atoms with Crippen LogP contribution in [-0.4, -0.2) is 19.1 Å². The van der Waals surface area contributed by atoms with Crippen molar-refractivity contribution in [1.29, 1.82) is 5.26 Å².